The summed E-state index contributed by atoms with van der Waals surface area (Å²) in [6.07, 6.45) is 3.65. The van der Waals surface area contributed by atoms with Crippen LogP contribution in [0.15, 0.2) is 24.5 Å². The van der Waals surface area contributed by atoms with Crippen molar-refractivity contribution in [2.75, 3.05) is 31.1 Å². The summed E-state index contributed by atoms with van der Waals surface area (Å²) in [5.41, 5.74) is 2.12. The number of nitrogens with one attached hydrogen (secondary N) is 1. The van der Waals surface area contributed by atoms with E-state index in [0.29, 0.717) is 5.15 Å². The Morgan fingerprint density at radius 1 is 1.31 bits per heavy atom. The number of rotatable bonds is 1. The van der Waals surface area contributed by atoms with Crippen LogP contribution in [0.2, 0.25) is 5.15 Å². The highest BCUT2D eigenvalue weighted by Gasteiger charge is 2.11. The van der Waals surface area contributed by atoms with Gasteiger partial charge in [0, 0.05) is 44.1 Å². The number of halogens is 1. The molecule has 3 rings (SSSR count). The predicted molar refractivity (Wildman–Crippen MR) is 65.3 cm³/mol. The first kappa shape index (κ1) is 9.93. The monoisotopic (exact) mass is 236 g/mol. The van der Waals surface area contributed by atoms with Gasteiger partial charge in [-0.2, -0.15) is 0 Å². The lowest BCUT2D eigenvalue weighted by Gasteiger charge is -2.29. The van der Waals surface area contributed by atoms with Crippen LogP contribution in [0.5, 0.6) is 0 Å². The second-order valence-electron chi connectivity index (χ2n) is 3.93. The number of imidazole rings is 1. The Kier molecular flexibility index (Phi) is 2.46. The van der Waals surface area contributed by atoms with Gasteiger partial charge in [0.05, 0.1) is 6.20 Å². The predicted octanol–water partition coefficient (Wildman–Crippen LogP) is 1.40. The molecular weight excluding hydrogens is 224 g/mol. The highest BCUT2D eigenvalue weighted by Crippen LogP contribution is 2.19. The smallest absolute Gasteiger partial charge is 0.139 e. The lowest BCUT2D eigenvalue weighted by molar-refractivity contribution is 0.589. The van der Waals surface area contributed by atoms with Crippen LogP contribution in [-0.2, 0) is 0 Å². The van der Waals surface area contributed by atoms with Gasteiger partial charge in [-0.1, -0.05) is 11.6 Å². The van der Waals surface area contributed by atoms with Crippen molar-refractivity contribution in [1.29, 1.82) is 0 Å². The maximum absolute atomic E-state index is 5.99. The second-order valence-corrected chi connectivity index (χ2v) is 4.32. The van der Waals surface area contributed by atoms with Crippen LogP contribution < -0.4 is 10.2 Å². The summed E-state index contributed by atoms with van der Waals surface area (Å²) in [5, 5.41) is 4.00. The first-order valence-electron chi connectivity index (χ1n) is 5.43. The normalized spacial score (nSPS) is 16.9. The molecule has 1 N–H and O–H groups in total. The molecule has 0 unspecified atom stereocenters. The Balaban J connectivity index is 1.97. The van der Waals surface area contributed by atoms with Crippen LogP contribution in [0.3, 0.4) is 0 Å². The molecule has 0 bridgehead atoms. The van der Waals surface area contributed by atoms with E-state index in [1.807, 2.05) is 10.6 Å². The Morgan fingerprint density at radius 3 is 2.94 bits per heavy atom. The number of fused-ring (bicyclic) bond motifs is 1. The topological polar surface area (TPSA) is 32.6 Å². The summed E-state index contributed by atoms with van der Waals surface area (Å²) in [7, 11) is 0. The fourth-order valence-electron chi connectivity index (χ4n) is 2.06. The SMILES string of the molecule is Clc1cnc2cc(N3CCNCC3)ccn12. The zero-order valence-electron chi connectivity index (χ0n) is 8.86. The number of hydrogen-bond acceptors (Lipinski definition) is 3. The quantitative estimate of drug-likeness (QED) is 0.813. The van der Waals surface area contributed by atoms with Gasteiger partial charge in [-0.05, 0) is 6.07 Å². The first-order valence-corrected chi connectivity index (χ1v) is 5.81. The molecule has 0 amide bonds. The summed E-state index contributed by atoms with van der Waals surface area (Å²) in [6.45, 7) is 4.18. The lowest BCUT2D eigenvalue weighted by atomic mass is 10.3. The van der Waals surface area contributed by atoms with Gasteiger partial charge in [-0.15, -0.1) is 0 Å². The van der Waals surface area contributed by atoms with Crippen molar-refractivity contribution in [2.24, 2.45) is 0 Å². The largest absolute Gasteiger partial charge is 0.369 e. The Labute approximate surface area is 98.8 Å². The standard InChI is InChI=1S/C11H13ClN4/c12-10-8-14-11-7-9(1-4-16(10)11)15-5-2-13-3-6-15/h1,4,7-8,13H,2-3,5-6H2. The van der Waals surface area contributed by atoms with Gasteiger partial charge >= 0.3 is 0 Å². The minimum atomic E-state index is 0.655. The van der Waals surface area contributed by atoms with Gasteiger partial charge in [0.2, 0.25) is 0 Å². The van der Waals surface area contributed by atoms with Gasteiger partial charge in [-0.25, -0.2) is 4.98 Å². The molecule has 84 valence electrons. The van der Waals surface area contributed by atoms with E-state index in [2.05, 4.69) is 27.3 Å². The molecule has 2 aromatic heterocycles. The van der Waals surface area contributed by atoms with Crippen LogP contribution in [0.1, 0.15) is 0 Å². The number of piperazine rings is 1. The summed E-state index contributed by atoms with van der Waals surface area (Å²) >= 11 is 5.99. The van der Waals surface area contributed by atoms with E-state index < -0.39 is 0 Å². The molecule has 5 heteroatoms. The molecule has 3 heterocycles. The molecule has 1 aliphatic rings. The molecule has 1 fully saturated rings. The molecular formula is C11H13ClN4. The molecule has 0 spiro atoms. The third-order valence-corrected chi connectivity index (χ3v) is 3.21. The molecule has 1 saturated heterocycles. The molecule has 16 heavy (non-hydrogen) atoms. The maximum Gasteiger partial charge on any atom is 0.139 e. The molecule has 0 radical (unpaired) electrons. The van der Waals surface area contributed by atoms with Crippen LogP contribution in [0.25, 0.3) is 5.65 Å². The average molecular weight is 237 g/mol. The van der Waals surface area contributed by atoms with E-state index >= 15 is 0 Å². The van der Waals surface area contributed by atoms with E-state index in [4.69, 9.17) is 11.6 Å². The van der Waals surface area contributed by atoms with Gasteiger partial charge in [0.1, 0.15) is 10.8 Å². The third kappa shape index (κ3) is 1.64. The highest BCUT2D eigenvalue weighted by atomic mass is 35.5. The Morgan fingerprint density at radius 2 is 2.12 bits per heavy atom. The zero-order valence-corrected chi connectivity index (χ0v) is 9.61. The molecule has 1 aliphatic heterocycles. The van der Waals surface area contributed by atoms with E-state index in [0.717, 1.165) is 31.8 Å². The highest BCUT2D eigenvalue weighted by molar-refractivity contribution is 6.29. The third-order valence-electron chi connectivity index (χ3n) is 2.93. The fourth-order valence-corrected chi connectivity index (χ4v) is 2.25. The minimum Gasteiger partial charge on any atom is -0.369 e. The first-order chi connectivity index (χ1) is 7.84. The number of nitrogens with zero attached hydrogens (tertiary/aromatic N) is 3. The molecule has 2 aromatic rings. The van der Waals surface area contributed by atoms with Crippen molar-refractivity contribution in [2.45, 2.75) is 0 Å². The van der Waals surface area contributed by atoms with Crippen molar-refractivity contribution in [1.82, 2.24) is 14.7 Å². The molecule has 0 aliphatic carbocycles. The molecule has 0 atom stereocenters. The van der Waals surface area contributed by atoms with Crippen molar-refractivity contribution in [3.8, 4) is 0 Å². The van der Waals surface area contributed by atoms with Crippen LogP contribution >= 0.6 is 11.6 Å². The van der Waals surface area contributed by atoms with Crippen molar-refractivity contribution >= 4 is 22.9 Å². The van der Waals surface area contributed by atoms with E-state index in [-0.39, 0.29) is 0 Å². The van der Waals surface area contributed by atoms with Crippen molar-refractivity contribution < 1.29 is 0 Å². The van der Waals surface area contributed by atoms with Gasteiger partial charge < -0.3 is 10.2 Å². The van der Waals surface area contributed by atoms with Gasteiger partial charge in [-0.3, -0.25) is 4.40 Å². The number of aromatic nitrogens is 2. The average Bonchev–Trinajstić information content (AvgIpc) is 2.72. The van der Waals surface area contributed by atoms with Gasteiger partial charge in [0.15, 0.2) is 0 Å². The van der Waals surface area contributed by atoms with E-state index in [9.17, 15) is 0 Å². The van der Waals surface area contributed by atoms with Crippen molar-refractivity contribution in [3.63, 3.8) is 0 Å². The maximum atomic E-state index is 5.99. The van der Waals surface area contributed by atoms with E-state index in [1.54, 1.807) is 6.20 Å². The summed E-state index contributed by atoms with van der Waals surface area (Å²) in [6, 6.07) is 4.17. The van der Waals surface area contributed by atoms with Crippen LogP contribution in [0, 0.1) is 0 Å². The minimum absolute atomic E-state index is 0.655. The van der Waals surface area contributed by atoms with Gasteiger partial charge in [0.25, 0.3) is 0 Å². The Bertz CT molecular complexity index is 502. The van der Waals surface area contributed by atoms with Crippen LogP contribution in [-0.4, -0.2) is 35.6 Å². The lowest BCUT2D eigenvalue weighted by Crippen LogP contribution is -2.43. The fraction of sp³-hybridized carbons (Fsp3) is 0.364. The summed E-state index contributed by atoms with van der Waals surface area (Å²) < 4.78 is 1.88. The zero-order chi connectivity index (χ0) is 11.0. The second kappa shape index (κ2) is 3.96. The number of anilines is 1. The molecule has 0 aromatic carbocycles. The molecule has 0 saturated carbocycles. The summed E-state index contributed by atoms with van der Waals surface area (Å²) in [4.78, 5) is 6.62. The Hall–Kier alpha value is -1.26. The van der Waals surface area contributed by atoms with Crippen molar-refractivity contribution in [3.05, 3.63) is 29.7 Å². The van der Waals surface area contributed by atoms with E-state index in [1.165, 1.54) is 5.69 Å². The molecule has 4 nitrogen and oxygen atoms in total. The number of hydrogen-bond donors (Lipinski definition) is 1. The number of pyridine rings is 1. The van der Waals surface area contributed by atoms with Crippen LogP contribution in [0.4, 0.5) is 5.69 Å². The summed E-state index contributed by atoms with van der Waals surface area (Å²) in [5.74, 6) is 0.